The zero-order chi connectivity index (χ0) is 18.0. The van der Waals surface area contributed by atoms with Crippen LogP contribution in [-0.2, 0) is 16.4 Å². The number of aryl methyl sites for hydroxylation is 2. The molecule has 1 aliphatic heterocycles. The second-order valence-corrected chi connectivity index (χ2v) is 9.22. The van der Waals surface area contributed by atoms with E-state index < -0.39 is 10.0 Å². The first-order valence-electron chi connectivity index (χ1n) is 8.69. The van der Waals surface area contributed by atoms with Crippen molar-refractivity contribution in [1.29, 1.82) is 0 Å². The molecule has 0 atom stereocenters. The summed E-state index contributed by atoms with van der Waals surface area (Å²) >= 11 is 6.11. The number of hydrogen-bond donors (Lipinski definition) is 0. The predicted molar refractivity (Wildman–Crippen MR) is 103 cm³/mol. The lowest BCUT2D eigenvalue weighted by Crippen LogP contribution is -2.39. The number of hydrogen-bond acceptors (Lipinski definition) is 2. The Hall–Kier alpha value is -1.36. The molecule has 25 heavy (non-hydrogen) atoms. The van der Waals surface area contributed by atoms with E-state index in [1.165, 1.54) is 5.56 Å². The Kier molecular flexibility index (Phi) is 5.52. The Morgan fingerprint density at radius 3 is 2.32 bits per heavy atom. The van der Waals surface area contributed by atoms with E-state index in [2.05, 4.69) is 24.3 Å². The molecule has 2 aromatic carbocycles. The molecule has 2 aromatic rings. The highest BCUT2D eigenvalue weighted by atomic mass is 35.5. The molecule has 0 unspecified atom stereocenters. The van der Waals surface area contributed by atoms with Crippen molar-refractivity contribution in [1.82, 2.24) is 4.31 Å². The number of piperidine rings is 1. The van der Waals surface area contributed by atoms with Crippen LogP contribution in [0.1, 0.15) is 29.5 Å². The summed E-state index contributed by atoms with van der Waals surface area (Å²) < 4.78 is 27.7. The second kappa shape index (κ2) is 7.48. The SMILES string of the molecule is Cc1cc(S(=O)(=O)N2CCC(Cc3ccccc3)CC2)c(C)cc1Cl. The van der Waals surface area contributed by atoms with Gasteiger partial charge in [-0.15, -0.1) is 0 Å². The number of nitrogens with zero attached hydrogens (tertiary/aromatic N) is 1. The molecule has 1 fully saturated rings. The number of sulfonamides is 1. The number of rotatable bonds is 4. The van der Waals surface area contributed by atoms with Gasteiger partial charge in [0.25, 0.3) is 0 Å². The van der Waals surface area contributed by atoms with Gasteiger partial charge in [0.1, 0.15) is 0 Å². The maximum Gasteiger partial charge on any atom is 0.243 e. The monoisotopic (exact) mass is 377 g/mol. The van der Waals surface area contributed by atoms with Gasteiger partial charge in [-0.05, 0) is 67.9 Å². The molecule has 0 N–H and O–H groups in total. The van der Waals surface area contributed by atoms with E-state index in [-0.39, 0.29) is 0 Å². The molecule has 0 radical (unpaired) electrons. The predicted octanol–water partition coefficient (Wildman–Crippen LogP) is 4.60. The van der Waals surface area contributed by atoms with Gasteiger partial charge in [0.2, 0.25) is 10.0 Å². The van der Waals surface area contributed by atoms with E-state index in [9.17, 15) is 8.42 Å². The van der Waals surface area contributed by atoms with E-state index in [0.717, 1.165) is 24.8 Å². The lowest BCUT2D eigenvalue weighted by Gasteiger charge is -2.31. The maximum absolute atomic E-state index is 13.0. The normalized spacial score (nSPS) is 16.9. The van der Waals surface area contributed by atoms with Crippen LogP contribution >= 0.6 is 11.6 Å². The van der Waals surface area contributed by atoms with Gasteiger partial charge in [-0.3, -0.25) is 0 Å². The third-order valence-corrected chi connectivity index (χ3v) is 7.46. The molecule has 0 amide bonds. The highest BCUT2D eigenvalue weighted by Crippen LogP contribution is 2.30. The van der Waals surface area contributed by atoms with Crippen LogP contribution in [0.4, 0.5) is 0 Å². The van der Waals surface area contributed by atoms with Crippen LogP contribution in [0.2, 0.25) is 5.02 Å². The molecular formula is C20H24ClNO2S. The van der Waals surface area contributed by atoms with Crippen molar-refractivity contribution in [2.24, 2.45) is 5.92 Å². The van der Waals surface area contributed by atoms with Crippen molar-refractivity contribution in [2.45, 2.75) is 38.0 Å². The minimum absolute atomic E-state index is 0.385. The Morgan fingerprint density at radius 1 is 1.04 bits per heavy atom. The summed E-state index contributed by atoms with van der Waals surface area (Å²) in [6.07, 6.45) is 2.83. The summed E-state index contributed by atoms with van der Waals surface area (Å²) in [4.78, 5) is 0.385. The van der Waals surface area contributed by atoms with Gasteiger partial charge in [0, 0.05) is 18.1 Å². The van der Waals surface area contributed by atoms with Crippen LogP contribution in [0.15, 0.2) is 47.4 Å². The van der Waals surface area contributed by atoms with Crippen LogP contribution in [0.5, 0.6) is 0 Å². The minimum Gasteiger partial charge on any atom is -0.207 e. The van der Waals surface area contributed by atoms with Crippen molar-refractivity contribution in [3.8, 4) is 0 Å². The van der Waals surface area contributed by atoms with Crippen LogP contribution in [-0.4, -0.2) is 25.8 Å². The summed E-state index contributed by atoms with van der Waals surface area (Å²) in [6, 6.07) is 13.9. The average molecular weight is 378 g/mol. The Bertz CT molecular complexity index is 841. The first-order valence-corrected chi connectivity index (χ1v) is 10.5. The molecule has 0 bridgehead atoms. The van der Waals surface area contributed by atoms with Crippen LogP contribution in [0, 0.1) is 19.8 Å². The van der Waals surface area contributed by atoms with E-state index in [1.54, 1.807) is 23.4 Å². The Morgan fingerprint density at radius 2 is 1.68 bits per heavy atom. The van der Waals surface area contributed by atoms with Gasteiger partial charge in [-0.25, -0.2) is 8.42 Å². The maximum atomic E-state index is 13.0. The number of halogens is 1. The first-order chi connectivity index (χ1) is 11.9. The summed E-state index contributed by atoms with van der Waals surface area (Å²) in [7, 11) is -3.45. The van der Waals surface area contributed by atoms with Crippen molar-refractivity contribution in [2.75, 3.05) is 13.1 Å². The molecule has 134 valence electrons. The van der Waals surface area contributed by atoms with Gasteiger partial charge in [0.05, 0.1) is 4.90 Å². The molecule has 3 rings (SSSR count). The van der Waals surface area contributed by atoms with Crippen LogP contribution in [0.3, 0.4) is 0 Å². The summed E-state index contributed by atoms with van der Waals surface area (Å²) in [5.41, 5.74) is 2.83. The Labute approximate surface area is 155 Å². The average Bonchev–Trinajstić information content (AvgIpc) is 2.59. The van der Waals surface area contributed by atoms with Gasteiger partial charge < -0.3 is 0 Å². The number of benzene rings is 2. The topological polar surface area (TPSA) is 37.4 Å². The molecule has 1 saturated heterocycles. The van der Waals surface area contributed by atoms with Gasteiger partial charge in [-0.1, -0.05) is 41.9 Å². The van der Waals surface area contributed by atoms with Crippen molar-refractivity contribution in [3.63, 3.8) is 0 Å². The van der Waals surface area contributed by atoms with Gasteiger partial charge in [-0.2, -0.15) is 4.31 Å². The lowest BCUT2D eigenvalue weighted by atomic mass is 9.91. The molecule has 3 nitrogen and oxygen atoms in total. The standard InChI is InChI=1S/C20H24ClNO2S/c1-15-13-20(16(2)12-19(15)21)25(23,24)22-10-8-18(9-11-22)14-17-6-4-3-5-7-17/h3-7,12-13,18H,8-11,14H2,1-2H3. The Balaban J connectivity index is 1.71. The summed E-state index contributed by atoms with van der Waals surface area (Å²) in [5, 5.41) is 0.609. The zero-order valence-electron chi connectivity index (χ0n) is 14.7. The highest BCUT2D eigenvalue weighted by Gasteiger charge is 2.30. The molecule has 0 aliphatic carbocycles. The van der Waals surface area contributed by atoms with Gasteiger partial charge >= 0.3 is 0 Å². The fourth-order valence-electron chi connectivity index (χ4n) is 3.47. The van der Waals surface area contributed by atoms with Gasteiger partial charge in [0.15, 0.2) is 0 Å². The molecule has 0 spiro atoms. The third-order valence-electron chi connectivity index (χ3n) is 5.01. The molecule has 1 aliphatic rings. The molecular weight excluding hydrogens is 354 g/mol. The van der Waals surface area contributed by atoms with E-state index >= 15 is 0 Å². The highest BCUT2D eigenvalue weighted by molar-refractivity contribution is 7.89. The minimum atomic E-state index is -3.45. The third kappa shape index (κ3) is 4.08. The first kappa shape index (κ1) is 18.4. The quantitative estimate of drug-likeness (QED) is 0.780. The van der Waals surface area contributed by atoms with E-state index in [0.29, 0.717) is 34.5 Å². The van der Waals surface area contributed by atoms with Crippen molar-refractivity contribution in [3.05, 3.63) is 64.2 Å². The molecule has 1 heterocycles. The smallest absolute Gasteiger partial charge is 0.207 e. The van der Waals surface area contributed by atoms with Crippen molar-refractivity contribution >= 4 is 21.6 Å². The van der Waals surface area contributed by atoms with E-state index in [1.807, 2.05) is 13.0 Å². The summed E-state index contributed by atoms with van der Waals surface area (Å²) in [6.45, 7) is 4.81. The largest absolute Gasteiger partial charge is 0.243 e. The second-order valence-electron chi connectivity index (χ2n) is 6.90. The van der Waals surface area contributed by atoms with Crippen LogP contribution < -0.4 is 0 Å². The zero-order valence-corrected chi connectivity index (χ0v) is 16.3. The fraction of sp³-hybridized carbons (Fsp3) is 0.400. The lowest BCUT2D eigenvalue weighted by molar-refractivity contribution is 0.272. The van der Waals surface area contributed by atoms with E-state index in [4.69, 9.17) is 11.6 Å². The van der Waals surface area contributed by atoms with Crippen molar-refractivity contribution < 1.29 is 8.42 Å². The molecule has 0 aromatic heterocycles. The molecule has 0 saturated carbocycles. The summed E-state index contributed by atoms with van der Waals surface area (Å²) in [5.74, 6) is 0.543. The fourth-order valence-corrected chi connectivity index (χ4v) is 5.45. The van der Waals surface area contributed by atoms with Crippen LogP contribution in [0.25, 0.3) is 0 Å². The molecule has 5 heteroatoms.